The zero-order valence-corrected chi connectivity index (χ0v) is 10.1. The van der Waals surface area contributed by atoms with E-state index in [9.17, 15) is 9.59 Å². The fourth-order valence-corrected chi connectivity index (χ4v) is 1.45. The number of carbonyl (C=O) groups excluding carboxylic acids is 2. The Kier molecular flexibility index (Phi) is 4.08. The van der Waals surface area contributed by atoms with Crippen molar-refractivity contribution >= 4 is 17.7 Å². The third-order valence-electron chi connectivity index (χ3n) is 2.42. The molecule has 0 atom stereocenters. The van der Waals surface area contributed by atoms with Crippen molar-refractivity contribution in [2.75, 3.05) is 19.9 Å². The number of nitrogens with two attached hydrogens (primary N) is 1. The zero-order chi connectivity index (χ0) is 13.0. The van der Waals surface area contributed by atoms with Gasteiger partial charge in [-0.3, -0.25) is 4.79 Å². The van der Waals surface area contributed by atoms with Crippen LogP contribution in [-0.2, 0) is 16.1 Å². The number of esters is 1. The van der Waals surface area contributed by atoms with Crippen LogP contribution in [0, 0.1) is 6.92 Å². The van der Waals surface area contributed by atoms with Gasteiger partial charge in [0.25, 0.3) is 0 Å². The van der Waals surface area contributed by atoms with Gasteiger partial charge in [0.2, 0.25) is 5.91 Å². The summed E-state index contributed by atoms with van der Waals surface area (Å²) in [6.45, 7) is 2.09. The number of hydrogen-bond donors (Lipinski definition) is 2. The number of nitrogens with one attached hydrogen (secondary N) is 1. The highest BCUT2D eigenvalue weighted by Gasteiger charge is 2.19. The van der Waals surface area contributed by atoms with Crippen molar-refractivity contribution in [2.24, 2.45) is 0 Å². The second-order valence-corrected chi connectivity index (χ2v) is 3.46. The molecule has 7 heteroatoms. The summed E-state index contributed by atoms with van der Waals surface area (Å²) in [7, 11) is 2.83. The molecular weight excluding hydrogens is 224 g/mol. The van der Waals surface area contributed by atoms with Crippen molar-refractivity contribution in [3.63, 3.8) is 0 Å². The molecule has 17 heavy (non-hydrogen) atoms. The molecule has 0 saturated heterocycles. The number of nitrogen functional groups attached to an aromatic ring is 1. The molecule has 1 aromatic heterocycles. The van der Waals surface area contributed by atoms with Crippen molar-refractivity contribution in [2.45, 2.75) is 19.9 Å². The molecule has 0 fully saturated rings. The van der Waals surface area contributed by atoms with Crippen LogP contribution in [0.3, 0.4) is 0 Å². The van der Waals surface area contributed by atoms with E-state index in [0.717, 1.165) is 0 Å². The van der Waals surface area contributed by atoms with E-state index in [1.165, 1.54) is 7.11 Å². The topological polar surface area (TPSA) is 99.2 Å². The van der Waals surface area contributed by atoms with E-state index < -0.39 is 5.97 Å². The van der Waals surface area contributed by atoms with Gasteiger partial charge >= 0.3 is 5.97 Å². The van der Waals surface area contributed by atoms with Gasteiger partial charge in [0.15, 0.2) is 5.69 Å². The summed E-state index contributed by atoms with van der Waals surface area (Å²) in [4.78, 5) is 26.5. The Morgan fingerprint density at radius 1 is 1.53 bits per heavy atom. The molecule has 3 N–H and O–H groups in total. The first-order chi connectivity index (χ1) is 8.01. The molecule has 1 amide bonds. The van der Waals surface area contributed by atoms with Crippen molar-refractivity contribution in [3.05, 3.63) is 11.5 Å². The normalized spacial score (nSPS) is 10.1. The summed E-state index contributed by atoms with van der Waals surface area (Å²) < 4.78 is 6.17. The number of hydrogen-bond acceptors (Lipinski definition) is 5. The number of methoxy groups -OCH3 is 1. The third kappa shape index (κ3) is 2.74. The Morgan fingerprint density at radius 3 is 2.71 bits per heavy atom. The van der Waals surface area contributed by atoms with Gasteiger partial charge in [-0.25, -0.2) is 9.78 Å². The maximum absolute atomic E-state index is 11.3. The Balaban J connectivity index is 2.90. The Bertz CT molecular complexity index is 439. The standard InChI is InChI=1S/C10H16N4O3/c1-6-13-8(10(16)17-3)9(11)14(6)5-4-7(15)12-2/h4-5,11H2,1-3H3,(H,12,15). The van der Waals surface area contributed by atoms with Crippen LogP contribution in [0.15, 0.2) is 0 Å². The van der Waals surface area contributed by atoms with Gasteiger partial charge in [-0.2, -0.15) is 0 Å². The minimum atomic E-state index is -0.579. The average Bonchev–Trinajstić information content (AvgIpc) is 2.61. The van der Waals surface area contributed by atoms with E-state index in [1.54, 1.807) is 18.5 Å². The zero-order valence-electron chi connectivity index (χ0n) is 10.1. The molecular formula is C10H16N4O3. The van der Waals surface area contributed by atoms with Gasteiger partial charge < -0.3 is 20.4 Å². The van der Waals surface area contributed by atoms with Gasteiger partial charge in [-0.15, -0.1) is 0 Å². The quantitative estimate of drug-likeness (QED) is 0.704. The van der Waals surface area contributed by atoms with Crippen LogP contribution in [0.4, 0.5) is 5.82 Å². The molecule has 0 unspecified atom stereocenters. The number of imidazole rings is 1. The highest BCUT2D eigenvalue weighted by Crippen LogP contribution is 2.15. The number of rotatable bonds is 4. The van der Waals surface area contributed by atoms with E-state index >= 15 is 0 Å². The predicted octanol–water partition coefficient (Wildman–Crippen LogP) is -0.304. The van der Waals surface area contributed by atoms with E-state index in [2.05, 4.69) is 15.0 Å². The highest BCUT2D eigenvalue weighted by atomic mass is 16.5. The molecule has 7 nitrogen and oxygen atoms in total. The van der Waals surface area contributed by atoms with E-state index in [-0.39, 0.29) is 23.8 Å². The first-order valence-electron chi connectivity index (χ1n) is 5.12. The van der Waals surface area contributed by atoms with E-state index in [1.807, 2.05) is 0 Å². The van der Waals surface area contributed by atoms with Crippen molar-refractivity contribution in [1.29, 1.82) is 0 Å². The molecule has 0 bridgehead atoms. The van der Waals surface area contributed by atoms with Crippen molar-refractivity contribution in [3.8, 4) is 0 Å². The Hall–Kier alpha value is -2.05. The van der Waals surface area contributed by atoms with Crippen LogP contribution in [0.25, 0.3) is 0 Å². The maximum atomic E-state index is 11.3. The molecule has 0 aliphatic rings. The van der Waals surface area contributed by atoms with Gasteiger partial charge in [0.1, 0.15) is 11.6 Å². The lowest BCUT2D eigenvalue weighted by molar-refractivity contribution is -0.120. The average molecular weight is 240 g/mol. The minimum absolute atomic E-state index is 0.0851. The molecule has 0 aliphatic heterocycles. The second kappa shape index (κ2) is 5.33. The van der Waals surface area contributed by atoms with Crippen LogP contribution in [0.5, 0.6) is 0 Å². The number of aromatic nitrogens is 2. The van der Waals surface area contributed by atoms with Crippen LogP contribution < -0.4 is 11.1 Å². The molecule has 0 spiro atoms. The van der Waals surface area contributed by atoms with Gasteiger partial charge in [-0.1, -0.05) is 0 Å². The molecule has 0 radical (unpaired) electrons. The lowest BCUT2D eigenvalue weighted by Crippen LogP contribution is -2.20. The largest absolute Gasteiger partial charge is 0.464 e. The molecule has 0 aromatic carbocycles. The summed E-state index contributed by atoms with van der Waals surface area (Å²) in [5.74, 6) is 0.117. The monoisotopic (exact) mass is 240 g/mol. The second-order valence-electron chi connectivity index (χ2n) is 3.46. The summed E-state index contributed by atoms with van der Waals surface area (Å²) in [6, 6.07) is 0. The number of anilines is 1. The number of aryl methyl sites for hydroxylation is 1. The maximum Gasteiger partial charge on any atom is 0.360 e. The van der Waals surface area contributed by atoms with Crippen LogP contribution in [-0.4, -0.2) is 35.6 Å². The van der Waals surface area contributed by atoms with E-state index in [4.69, 9.17) is 5.73 Å². The molecule has 0 aliphatic carbocycles. The lowest BCUT2D eigenvalue weighted by Gasteiger charge is -2.06. The smallest absolute Gasteiger partial charge is 0.360 e. The molecule has 1 rings (SSSR count). The lowest BCUT2D eigenvalue weighted by atomic mass is 10.4. The first-order valence-corrected chi connectivity index (χ1v) is 5.12. The predicted molar refractivity (Wildman–Crippen MR) is 61.4 cm³/mol. The molecule has 94 valence electrons. The van der Waals surface area contributed by atoms with Gasteiger partial charge in [-0.05, 0) is 6.92 Å². The Labute approximate surface area is 99.0 Å². The first kappa shape index (κ1) is 13.0. The summed E-state index contributed by atoms with van der Waals surface area (Å²) >= 11 is 0. The number of amides is 1. The van der Waals surface area contributed by atoms with Crippen LogP contribution in [0.2, 0.25) is 0 Å². The fraction of sp³-hybridized carbons (Fsp3) is 0.500. The number of ether oxygens (including phenoxy) is 1. The van der Waals surface area contributed by atoms with Crippen molar-refractivity contribution in [1.82, 2.24) is 14.9 Å². The summed E-state index contributed by atoms with van der Waals surface area (Å²) in [5, 5.41) is 2.51. The summed E-state index contributed by atoms with van der Waals surface area (Å²) in [6.07, 6.45) is 0.276. The van der Waals surface area contributed by atoms with Crippen molar-refractivity contribution < 1.29 is 14.3 Å². The fourth-order valence-electron chi connectivity index (χ4n) is 1.45. The highest BCUT2D eigenvalue weighted by molar-refractivity contribution is 5.92. The van der Waals surface area contributed by atoms with Crippen LogP contribution in [0.1, 0.15) is 22.7 Å². The molecule has 1 heterocycles. The number of nitrogens with zero attached hydrogens (tertiary/aromatic N) is 2. The Morgan fingerprint density at radius 2 is 2.18 bits per heavy atom. The minimum Gasteiger partial charge on any atom is -0.464 e. The SMILES string of the molecule is CNC(=O)CCn1c(C)nc(C(=O)OC)c1N. The van der Waals surface area contributed by atoms with E-state index in [0.29, 0.717) is 12.4 Å². The summed E-state index contributed by atoms with van der Waals surface area (Å²) in [5.41, 5.74) is 5.86. The van der Waals surface area contributed by atoms with Gasteiger partial charge in [0, 0.05) is 20.0 Å². The third-order valence-corrected chi connectivity index (χ3v) is 2.42. The number of carbonyl (C=O) groups is 2. The molecule has 1 aromatic rings. The van der Waals surface area contributed by atoms with Crippen LogP contribution >= 0.6 is 0 Å². The van der Waals surface area contributed by atoms with Gasteiger partial charge in [0.05, 0.1) is 7.11 Å². The molecule has 0 saturated carbocycles.